The van der Waals surface area contributed by atoms with E-state index in [1.165, 1.54) is 97.6 Å². The highest BCUT2D eigenvalue weighted by Crippen LogP contribution is 2.43. The Balaban J connectivity index is 2.26. The van der Waals surface area contributed by atoms with E-state index >= 15 is 0 Å². The first-order chi connectivity index (χ1) is 16.9. The number of hydrogen-bond donors (Lipinski definition) is 0. The van der Waals surface area contributed by atoms with Crippen LogP contribution in [0, 0.1) is 0 Å². The first-order valence-corrected chi connectivity index (χ1v) is 15.0. The lowest BCUT2D eigenvalue weighted by atomic mass is 10.0. The van der Waals surface area contributed by atoms with Crippen molar-refractivity contribution in [3.05, 3.63) is 94.1 Å². The van der Waals surface area contributed by atoms with Gasteiger partial charge in [-0.2, -0.15) is 0 Å². The van der Waals surface area contributed by atoms with E-state index < -0.39 is 0 Å². The molecule has 0 saturated carbocycles. The van der Waals surface area contributed by atoms with Gasteiger partial charge in [0.15, 0.2) is 0 Å². The SMILES string of the molecule is CCCCCCc1cccc(C(C=C(C)C)SC(C=C(C)C)c2cccc(CCCCCC)c2)c1. The molecule has 0 N–H and O–H groups in total. The molecule has 2 aromatic carbocycles. The van der Waals surface area contributed by atoms with Gasteiger partial charge in [-0.3, -0.25) is 0 Å². The monoisotopic (exact) mass is 490 g/mol. The maximum Gasteiger partial charge on any atom is 0.0489 e. The van der Waals surface area contributed by atoms with Gasteiger partial charge in [0.25, 0.3) is 0 Å². The van der Waals surface area contributed by atoms with Crippen molar-refractivity contribution < 1.29 is 0 Å². The molecule has 0 radical (unpaired) electrons. The molecule has 2 aromatic rings. The van der Waals surface area contributed by atoms with Crippen molar-refractivity contribution in [2.24, 2.45) is 0 Å². The summed E-state index contributed by atoms with van der Waals surface area (Å²) in [7, 11) is 0. The first-order valence-electron chi connectivity index (χ1n) is 14.1. The van der Waals surface area contributed by atoms with Crippen LogP contribution in [0.15, 0.2) is 71.8 Å². The summed E-state index contributed by atoms with van der Waals surface area (Å²) in [6, 6.07) is 18.8. The molecule has 1 heteroatoms. The van der Waals surface area contributed by atoms with Crippen molar-refractivity contribution in [3.8, 4) is 0 Å². The van der Waals surface area contributed by atoms with Crippen LogP contribution in [0.2, 0.25) is 0 Å². The Bertz CT molecular complexity index is 836. The van der Waals surface area contributed by atoms with Gasteiger partial charge in [0.1, 0.15) is 0 Å². The molecule has 2 unspecified atom stereocenters. The lowest BCUT2D eigenvalue weighted by Gasteiger charge is -2.22. The maximum atomic E-state index is 2.47. The smallest absolute Gasteiger partial charge is 0.0489 e. The summed E-state index contributed by atoms with van der Waals surface area (Å²) in [4.78, 5) is 0. The van der Waals surface area contributed by atoms with E-state index in [4.69, 9.17) is 0 Å². The van der Waals surface area contributed by atoms with Crippen LogP contribution in [0.4, 0.5) is 0 Å². The number of rotatable bonds is 16. The molecule has 2 atom stereocenters. The second-order valence-electron chi connectivity index (χ2n) is 10.6. The average molecular weight is 491 g/mol. The highest BCUT2D eigenvalue weighted by molar-refractivity contribution is 8.00. The van der Waals surface area contributed by atoms with Crippen molar-refractivity contribution >= 4 is 11.8 Å². The molecule has 0 nitrogen and oxygen atoms in total. The molecule has 0 heterocycles. The maximum absolute atomic E-state index is 2.47. The van der Waals surface area contributed by atoms with Crippen LogP contribution in [0.5, 0.6) is 0 Å². The molecular weight excluding hydrogens is 440 g/mol. The topological polar surface area (TPSA) is 0 Å². The van der Waals surface area contributed by atoms with Gasteiger partial charge in [0.05, 0.1) is 0 Å². The predicted octanol–water partition coefficient (Wildman–Crippen LogP) is 11.4. The lowest BCUT2D eigenvalue weighted by Crippen LogP contribution is -2.00. The van der Waals surface area contributed by atoms with E-state index in [9.17, 15) is 0 Å². The third-order valence-corrected chi connectivity index (χ3v) is 7.86. The molecular formula is C34H50S. The van der Waals surface area contributed by atoms with Gasteiger partial charge in [-0.15, -0.1) is 11.8 Å². The summed E-state index contributed by atoms with van der Waals surface area (Å²) in [5.74, 6) is 0. The highest BCUT2D eigenvalue weighted by Gasteiger charge is 2.18. The van der Waals surface area contributed by atoms with Gasteiger partial charge in [-0.05, 0) is 75.6 Å². The highest BCUT2D eigenvalue weighted by atomic mass is 32.2. The van der Waals surface area contributed by atoms with Gasteiger partial charge in [0.2, 0.25) is 0 Å². The number of aryl methyl sites for hydroxylation is 2. The number of hydrogen-bond acceptors (Lipinski definition) is 1. The molecule has 0 saturated heterocycles. The van der Waals surface area contributed by atoms with Crippen LogP contribution >= 0.6 is 11.8 Å². The minimum Gasteiger partial charge on any atom is -0.137 e. The van der Waals surface area contributed by atoms with E-state index in [1.807, 2.05) is 0 Å². The van der Waals surface area contributed by atoms with Gasteiger partial charge in [-0.25, -0.2) is 0 Å². The van der Waals surface area contributed by atoms with Gasteiger partial charge < -0.3 is 0 Å². The van der Waals surface area contributed by atoms with Crippen molar-refractivity contribution in [2.75, 3.05) is 0 Å². The molecule has 0 fully saturated rings. The summed E-state index contributed by atoms with van der Waals surface area (Å²) in [6.45, 7) is 13.5. The van der Waals surface area contributed by atoms with E-state index in [2.05, 4.69) is 114 Å². The number of benzene rings is 2. The fourth-order valence-corrected chi connectivity index (χ4v) is 6.18. The molecule has 35 heavy (non-hydrogen) atoms. The van der Waals surface area contributed by atoms with Crippen LogP contribution in [0.25, 0.3) is 0 Å². The number of allylic oxidation sites excluding steroid dienone is 2. The molecule has 192 valence electrons. The van der Waals surface area contributed by atoms with E-state index in [1.54, 1.807) is 0 Å². The molecule has 0 spiro atoms. The Hall–Kier alpha value is -1.73. The van der Waals surface area contributed by atoms with Crippen molar-refractivity contribution in [3.63, 3.8) is 0 Å². The summed E-state index contributed by atoms with van der Waals surface area (Å²) < 4.78 is 0. The van der Waals surface area contributed by atoms with E-state index in [0.717, 1.165) is 0 Å². The normalized spacial score (nSPS) is 12.7. The Morgan fingerprint density at radius 3 is 1.43 bits per heavy atom. The standard InChI is InChI=1S/C34H50S/c1-7-9-11-13-17-29-19-15-21-31(25-29)33(23-27(3)4)35-34(24-28(5)6)32-22-16-20-30(26-32)18-14-12-10-8-2/h15-16,19-26,33-34H,7-14,17-18H2,1-6H3. The minimum atomic E-state index is 0.351. The van der Waals surface area contributed by atoms with Crippen molar-refractivity contribution in [1.82, 2.24) is 0 Å². The van der Waals surface area contributed by atoms with Crippen LogP contribution in [-0.4, -0.2) is 0 Å². The van der Waals surface area contributed by atoms with Crippen LogP contribution in [-0.2, 0) is 12.8 Å². The molecule has 0 aliphatic rings. The third kappa shape index (κ3) is 11.7. The Morgan fingerprint density at radius 1 is 0.629 bits per heavy atom. The molecule has 0 aliphatic heterocycles. The quantitative estimate of drug-likeness (QED) is 0.166. The van der Waals surface area contributed by atoms with Crippen molar-refractivity contribution in [2.45, 2.75) is 116 Å². The Kier molecular flexibility index (Phi) is 14.2. The molecule has 2 rings (SSSR count). The summed E-state index contributed by atoms with van der Waals surface area (Å²) in [6.07, 6.45) is 17.9. The summed E-state index contributed by atoms with van der Waals surface area (Å²) in [5.41, 5.74) is 8.62. The van der Waals surface area contributed by atoms with Crippen LogP contribution in [0.3, 0.4) is 0 Å². The van der Waals surface area contributed by atoms with E-state index in [-0.39, 0.29) is 0 Å². The molecule has 0 amide bonds. The zero-order chi connectivity index (χ0) is 25.5. The average Bonchev–Trinajstić information content (AvgIpc) is 2.83. The largest absolute Gasteiger partial charge is 0.137 e. The lowest BCUT2D eigenvalue weighted by molar-refractivity contribution is 0.666. The fraction of sp³-hybridized carbons (Fsp3) is 0.529. The van der Waals surface area contributed by atoms with Gasteiger partial charge in [-0.1, -0.05) is 124 Å². The van der Waals surface area contributed by atoms with Crippen LogP contribution < -0.4 is 0 Å². The number of thioether (sulfide) groups is 1. The fourth-order valence-electron chi connectivity index (χ4n) is 4.55. The zero-order valence-electron chi connectivity index (χ0n) is 23.4. The Morgan fingerprint density at radius 2 is 1.06 bits per heavy atom. The molecule has 0 aromatic heterocycles. The van der Waals surface area contributed by atoms with Gasteiger partial charge >= 0.3 is 0 Å². The van der Waals surface area contributed by atoms with E-state index in [0.29, 0.717) is 10.5 Å². The predicted molar refractivity (Wildman–Crippen MR) is 161 cm³/mol. The number of unbranched alkanes of at least 4 members (excludes halogenated alkanes) is 6. The second-order valence-corrected chi connectivity index (χ2v) is 11.9. The van der Waals surface area contributed by atoms with Gasteiger partial charge in [0, 0.05) is 10.5 Å². The Labute approximate surface area is 221 Å². The summed E-state index contributed by atoms with van der Waals surface area (Å²) in [5, 5.41) is 0.703. The van der Waals surface area contributed by atoms with Crippen LogP contribution in [0.1, 0.15) is 126 Å². The zero-order valence-corrected chi connectivity index (χ0v) is 24.2. The second kappa shape index (κ2) is 16.9. The first kappa shape index (κ1) is 29.5. The summed E-state index contributed by atoms with van der Waals surface area (Å²) >= 11 is 2.08. The molecule has 0 bridgehead atoms. The van der Waals surface area contributed by atoms with Crippen molar-refractivity contribution in [1.29, 1.82) is 0 Å². The minimum absolute atomic E-state index is 0.351. The third-order valence-electron chi connectivity index (χ3n) is 6.46. The molecule has 0 aliphatic carbocycles.